The van der Waals surface area contributed by atoms with Crippen LogP contribution in [0, 0.1) is 24.0 Å². The maximum Gasteiger partial charge on any atom is 0.319 e. The van der Waals surface area contributed by atoms with Crippen molar-refractivity contribution >= 4 is 33.5 Å². The smallest absolute Gasteiger partial charge is 0.319 e. The summed E-state index contributed by atoms with van der Waals surface area (Å²) in [6, 6.07) is 6.44. The van der Waals surface area contributed by atoms with Gasteiger partial charge in [-0.05, 0) is 62.2 Å². The Hall–Kier alpha value is -4.47. The number of unbranched alkanes of at least 4 members (excludes halogenated alkanes) is 6. The Morgan fingerprint density at radius 2 is 1.84 bits per heavy atom. The van der Waals surface area contributed by atoms with Crippen molar-refractivity contribution in [3.05, 3.63) is 47.7 Å². The summed E-state index contributed by atoms with van der Waals surface area (Å²) in [6.45, 7) is 4.90. The molecule has 6 heterocycles. The standard InChI is InChI=1S/C43H49F3N6O3/c1-3-5-6-7-8-9-10-12-36(53)55-31-19-27-13-16-35(45)32(4-2)37(27)33(20-31)39-38(46)40-34(22-47-39)41(51-24-29-14-15-30(25-51)48-29)50-42(49-40)54-26-43-17-11-18-52(43)23-28(44)21-43/h2,13,16,19-20,22,28-30,48H,3,5-12,14-15,17-18,21,23-26H2,1H3/t28-,29?,30?,43+/m1/s1. The first-order valence-electron chi connectivity index (χ1n) is 20.1. The van der Waals surface area contributed by atoms with E-state index in [0.717, 1.165) is 51.5 Å². The molecule has 2 aromatic carbocycles. The molecule has 8 rings (SSSR count). The number of nitrogens with zero attached hydrogens (tertiary/aromatic N) is 5. The number of terminal acetylenes is 1. The van der Waals surface area contributed by atoms with Gasteiger partial charge in [-0.25, -0.2) is 13.2 Å². The molecule has 12 heteroatoms. The molecule has 0 aliphatic carbocycles. The minimum atomic E-state index is -0.928. The Balaban J connectivity index is 1.17. The van der Waals surface area contributed by atoms with E-state index in [4.69, 9.17) is 20.9 Å². The highest BCUT2D eigenvalue weighted by Gasteiger charge is 2.49. The fourth-order valence-electron chi connectivity index (χ4n) is 9.34. The van der Waals surface area contributed by atoms with Crippen molar-refractivity contribution in [1.82, 2.24) is 25.2 Å². The lowest BCUT2D eigenvalue weighted by molar-refractivity contribution is -0.134. The second kappa shape index (κ2) is 15.9. The number of carbonyl (C=O) groups excluding carboxylic acids is 1. The van der Waals surface area contributed by atoms with Gasteiger partial charge < -0.3 is 19.7 Å². The predicted molar refractivity (Wildman–Crippen MR) is 207 cm³/mol. The molecule has 290 valence electrons. The molecule has 0 radical (unpaired) electrons. The number of nitrogens with one attached hydrogen (secondary N) is 1. The topological polar surface area (TPSA) is 92.7 Å². The summed E-state index contributed by atoms with van der Waals surface area (Å²) in [5, 5.41) is 4.78. The van der Waals surface area contributed by atoms with Crippen LogP contribution in [0.4, 0.5) is 19.0 Å². The van der Waals surface area contributed by atoms with Gasteiger partial charge in [0, 0.05) is 61.7 Å². The zero-order chi connectivity index (χ0) is 38.1. The van der Waals surface area contributed by atoms with Crippen molar-refractivity contribution in [2.45, 2.75) is 114 Å². The Kier molecular flexibility index (Phi) is 10.9. The minimum absolute atomic E-state index is 0.00113. The molecule has 55 heavy (non-hydrogen) atoms. The van der Waals surface area contributed by atoms with Crippen LogP contribution in [0.5, 0.6) is 11.8 Å². The van der Waals surface area contributed by atoms with Crippen molar-refractivity contribution in [2.75, 3.05) is 37.7 Å². The van der Waals surface area contributed by atoms with E-state index in [1.54, 1.807) is 12.3 Å². The Morgan fingerprint density at radius 1 is 1.05 bits per heavy atom. The highest BCUT2D eigenvalue weighted by Crippen LogP contribution is 2.42. The molecule has 4 aliphatic heterocycles. The van der Waals surface area contributed by atoms with Crippen LogP contribution in [-0.2, 0) is 4.79 Å². The van der Waals surface area contributed by atoms with Gasteiger partial charge in [-0.2, -0.15) is 9.97 Å². The predicted octanol–water partition coefficient (Wildman–Crippen LogP) is 8.05. The van der Waals surface area contributed by atoms with E-state index < -0.39 is 29.3 Å². The quantitative estimate of drug-likeness (QED) is 0.0595. The van der Waals surface area contributed by atoms with Crippen LogP contribution >= 0.6 is 0 Å². The number of hydrogen-bond donors (Lipinski definition) is 1. The fourth-order valence-corrected chi connectivity index (χ4v) is 9.34. The zero-order valence-corrected chi connectivity index (χ0v) is 31.5. The number of pyridine rings is 1. The molecule has 2 unspecified atom stereocenters. The third-order valence-corrected chi connectivity index (χ3v) is 12.0. The summed E-state index contributed by atoms with van der Waals surface area (Å²) in [5.74, 6) is 1.31. The van der Waals surface area contributed by atoms with E-state index >= 15 is 8.78 Å². The highest BCUT2D eigenvalue weighted by molar-refractivity contribution is 6.03. The van der Waals surface area contributed by atoms with Gasteiger partial charge >= 0.3 is 12.0 Å². The van der Waals surface area contributed by atoms with E-state index in [1.165, 1.54) is 37.5 Å². The molecular weight excluding hydrogens is 706 g/mol. The van der Waals surface area contributed by atoms with Gasteiger partial charge in [-0.3, -0.25) is 14.7 Å². The van der Waals surface area contributed by atoms with Crippen LogP contribution in [0.25, 0.3) is 32.9 Å². The van der Waals surface area contributed by atoms with Gasteiger partial charge in [-0.15, -0.1) is 6.42 Å². The molecule has 0 amide bonds. The first kappa shape index (κ1) is 37.5. The van der Waals surface area contributed by atoms with Crippen LogP contribution in [0.15, 0.2) is 30.5 Å². The van der Waals surface area contributed by atoms with Gasteiger partial charge in [0.25, 0.3) is 0 Å². The third kappa shape index (κ3) is 7.58. The number of ether oxygens (including phenoxy) is 2. The van der Waals surface area contributed by atoms with Crippen molar-refractivity contribution in [1.29, 1.82) is 0 Å². The molecule has 0 spiro atoms. The SMILES string of the molecule is C#Cc1c(F)ccc2cc(OC(=O)CCCCCCCCC)cc(-c3ncc4c(N5CC6CCC(C5)N6)nc(OC[C@@]56CCCN5C[C@H](F)C6)nc4c3F)c12. The maximum atomic E-state index is 17.3. The fraction of sp³-hybridized carbons (Fsp3) is 0.535. The van der Waals surface area contributed by atoms with Gasteiger partial charge in [0.15, 0.2) is 5.82 Å². The lowest BCUT2D eigenvalue weighted by Gasteiger charge is -2.34. The van der Waals surface area contributed by atoms with E-state index in [-0.39, 0.29) is 64.6 Å². The molecule has 9 nitrogen and oxygen atoms in total. The summed E-state index contributed by atoms with van der Waals surface area (Å²) in [4.78, 5) is 31.4. The second-order valence-corrected chi connectivity index (χ2v) is 15.9. The average molecular weight is 755 g/mol. The van der Waals surface area contributed by atoms with Gasteiger partial charge in [-0.1, -0.05) is 57.4 Å². The van der Waals surface area contributed by atoms with Crippen molar-refractivity contribution < 1.29 is 27.4 Å². The number of fused-ring (bicyclic) bond motifs is 5. The molecule has 4 fully saturated rings. The molecule has 4 atom stereocenters. The average Bonchev–Trinajstić information content (AvgIpc) is 3.83. The van der Waals surface area contributed by atoms with E-state index in [9.17, 15) is 9.18 Å². The van der Waals surface area contributed by atoms with Gasteiger partial charge in [0.05, 0.1) is 16.5 Å². The summed E-state index contributed by atoms with van der Waals surface area (Å²) in [7, 11) is 0. The molecule has 1 N–H and O–H groups in total. The molecule has 0 saturated carbocycles. The van der Waals surface area contributed by atoms with Crippen molar-refractivity contribution in [3.63, 3.8) is 0 Å². The number of carbonyl (C=O) groups is 1. The van der Waals surface area contributed by atoms with Crippen LogP contribution < -0.4 is 19.7 Å². The lowest BCUT2D eigenvalue weighted by atomic mass is 9.95. The number of rotatable bonds is 14. The third-order valence-electron chi connectivity index (χ3n) is 12.0. The normalized spacial score (nSPS) is 23.4. The molecule has 4 aliphatic rings. The Labute approximate surface area is 320 Å². The summed E-state index contributed by atoms with van der Waals surface area (Å²) in [6.07, 6.45) is 18.3. The number of aromatic nitrogens is 3. The number of anilines is 1. The van der Waals surface area contributed by atoms with Crippen LogP contribution in [0.2, 0.25) is 0 Å². The molecule has 4 aromatic rings. The molecule has 2 bridgehead atoms. The van der Waals surface area contributed by atoms with Crippen LogP contribution in [-0.4, -0.2) is 82.4 Å². The minimum Gasteiger partial charge on any atom is -0.461 e. The first-order valence-corrected chi connectivity index (χ1v) is 20.1. The van der Waals surface area contributed by atoms with Crippen molar-refractivity contribution in [2.24, 2.45) is 0 Å². The van der Waals surface area contributed by atoms with Crippen molar-refractivity contribution in [3.8, 4) is 35.4 Å². The number of alkyl halides is 1. The summed E-state index contributed by atoms with van der Waals surface area (Å²) in [5.41, 5.74) is -0.473. The zero-order valence-electron chi connectivity index (χ0n) is 31.5. The lowest BCUT2D eigenvalue weighted by Crippen LogP contribution is -2.51. The monoisotopic (exact) mass is 754 g/mol. The number of benzene rings is 2. The number of hydrogen-bond acceptors (Lipinski definition) is 9. The molecule has 2 aromatic heterocycles. The Bertz CT molecular complexity index is 2110. The number of esters is 1. The maximum absolute atomic E-state index is 17.3. The second-order valence-electron chi connectivity index (χ2n) is 15.9. The van der Waals surface area contributed by atoms with E-state index in [0.29, 0.717) is 49.1 Å². The highest BCUT2D eigenvalue weighted by atomic mass is 19.1. The van der Waals surface area contributed by atoms with Gasteiger partial charge in [0.1, 0.15) is 41.4 Å². The first-order chi connectivity index (χ1) is 26.7. The molecule has 4 saturated heterocycles. The summed E-state index contributed by atoms with van der Waals surface area (Å²) >= 11 is 0. The van der Waals surface area contributed by atoms with Crippen LogP contribution in [0.1, 0.15) is 96.0 Å². The van der Waals surface area contributed by atoms with E-state index in [2.05, 4.69) is 37.9 Å². The van der Waals surface area contributed by atoms with E-state index in [1.807, 2.05) is 0 Å². The summed E-state index contributed by atoms with van der Waals surface area (Å²) < 4.78 is 59.2. The largest absolute Gasteiger partial charge is 0.461 e. The Morgan fingerprint density at radius 3 is 2.62 bits per heavy atom. The molecular formula is C43H49F3N6O3. The number of piperazine rings is 1. The number of halogens is 3. The van der Waals surface area contributed by atoms with Crippen LogP contribution in [0.3, 0.4) is 0 Å². The van der Waals surface area contributed by atoms with Gasteiger partial charge in [0.2, 0.25) is 0 Å².